The summed E-state index contributed by atoms with van der Waals surface area (Å²) in [4.78, 5) is 2.42. The molecule has 0 aliphatic carbocycles. The van der Waals surface area contributed by atoms with Crippen LogP contribution in [-0.2, 0) is 13.5 Å². The van der Waals surface area contributed by atoms with Crippen LogP contribution in [0.15, 0.2) is 0 Å². The minimum atomic E-state index is 0.793. The lowest BCUT2D eigenvalue weighted by Crippen LogP contribution is -2.36. The predicted octanol–water partition coefficient (Wildman–Crippen LogP) is 2.83. The number of anilines is 2. The monoisotopic (exact) mass is 264 g/mol. The van der Waals surface area contributed by atoms with Crippen LogP contribution in [-0.4, -0.2) is 22.9 Å². The van der Waals surface area contributed by atoms with Crippen molar-refractivity contribution in [2.24, 2.45) is 18.9 Å². The molecule has 1 aromatic heterocycles. The molecule has 1 aliphatic heterocycles. The molecule has 0 spiro atoms. The molecule has 1 aliphatic rings. The van der Waals surface area contributed by atoms with Crippen LogP contribution >= 0.6 is 0 Å². The molecule has 19 heavy (non-hydrogen) atoms. The van der Waals surface area contributed by atoms with Gasteiger partial charge < -0.3 is 10.6 Å². The normalized spacial score (nSPS) is 17.4. The van der Waals surface area contributed by atoms with Gasteiger partial charge in [0.25, 0.3) is 0 Å². The Labute approximate surface area is 117 Å². The third kappa shape index (κ3) is 2.88. The lowest BCUT2D eigenvalue weighted by molar-refractivity contribution is 0.310. The molecule has 2 rings (SSSR count). The van der Waals surface area contributed by atoms with E-state index in [1.807, 2.05) is 11.7 Å². The van der Waals surface area contributed by atoms with Crippen LogP contribution < -0.4 is 10.6 Å². The van der Waals surface area contributed by atoms with Crippen molar-refractivity contribution < 1.29 is 0 Å². The molecule has 108 valence electrons. The van der Waals surface area contributed by atoms with Crippen molar-refractivity contribution in [3.05, 3.63) is 5.69 Å². The van der Waals surface area contributed by atoms with Gasteiger partial charge in [-0.05, 0) is 31.1 Å². The van der Waals surface area contributed by atoms with E-state index in [0.29, 0.717) is 0 Å². The zero-order valence-electron chi connectivity index (χ0n) is 12.8. The number of nitrogen functional groups attached to an aromatic ring is 1. The topological polar surface area (TPSA) is 47.1 Å². The van der Waals surface area contributed by atoms with Gasteiger partial charge >= 0.3 is 0 Å². The van der Waals surface area contributed by atoms with Crippen molar-refractivity contribution in [1.29, 1.82) is 0 Å². The summed E-state index contributed by atoms with van der Waals surface area (Å²) in [6.45, 7) is 9.05. The first-order valence-electron chi connectivity index (χ1n) is 7.60. The molecule has 2 heterocycles. The van der Waals surface area contributed by atoms with Gasteiger partial charge in [-0.15, -0.1) is 0 Å². The highest BCUT2D eigenvalue weighted by molar-refractivity contribution is 5.66. The maximum absolute atomic E-state index is 6.29. The van der Waals surface area contributed by atoms with Crippen molar-refractivity contribution in [3.63, 3.8) is 0 Å². The molecule has 0 amide bonds. The summed E-state index contributed by atoms with van der Waals surface area (Å²) in [5.74, 6) is 2.79. The molecular weight excluding hydrogens is 236 g/mol. The Balaban J connectivity index is 2.11. The maximum Gasteiger partial charge on any atom is 0.150 e. The van der Waals surface area contributed by atoms with Crippen LogP contribution in [0.5, 0.6) is 0 Å². The quantitative estimate of drug-likeness (QED) is 0.909. The molecular formula is C15H28N4. The Morgan fingerprint density at radius 2 is 1.95 bits per heavy atom. The molecule has 4 heteroatoms. The molecule has 0 atom stereocenters. The van der Waals surface area contributed by atoms with Crippen molar-refractivity contribution >= 4 is 11.5 Å². The molecule has 1 saturated heterocycles. The molecule has 0 aromatic carbocycles. The predicted molar refractivity (Wildman–Crippen MR) is 81.4 cm³/mol. The standard InChI is InChI=1S/C15H28N4/c1-5-6-13-14(16)15(18(4)17-13)19-9-7-12(8-10-19)11(2)3/h11-12H,5-10,16H2,1-4H3. The molecule has 4 nitrogen and oxygen atoms in total. The Morgan fingerprint density at radius 1 is 1.32 bits per heavy atom. The highest BCUT2D eigenvalue weighted by atomic mass is 15.4. The number of piperidine rings is 1. The van der Waals surface area contributed by atoms with Crippen LogP contribution in [0.2, 0.25) is 0 Å². The van der Waals surface area contributed by atoms with Crippen molar-refractivity contribution in [1.82, 2.24) is 9.78 Å². The van der Waals surface area contributed by atoms with Crippen LogP contribution in [0.3, 0.4) is 0 Å². The first kappa shape index (κ1) is 14.2. The van der Waals surface area contributed by atoms with Gasteiger partial charge in [0.2, 0.25) is 0 Å². The highest BCUT2D eigenvalue weighted by Gasteiger charge is 2.25. The SMILES string of the molecule is CCCc1nn(C)c(N2CCC(C(C)C)CC2)c1N. The second-order valence-electron chi connectivity index (χ2n) is 6.13. The first-order valence-corrected chi connectivity index (χ1v) is 7.60. The fourth-order valence-electron chi connectivity index (χ4n) is 3.16. The number of nitrogens with zero attached hydrogens (tertiary/aromatic N) is 3. The second kappa shape index (κ2) is 5.85. The third-order valence-electron chi connectivity index (χ3n) is 4.40. The van der Waals surface area contributed by atoms with E-state index in [1.54, 1.807) is 0 Å². The lowest BCUT2D eigenvalue weighted by atomic mass is 9.87. The summed E-state index contributed by atoms with van der Waals surface area (Å²) in [6, 6.07) is 0. The van der Waals surface area contributed by atoms with E-state index in [2.05, 4.69) is 30.8 Å². The third-order valence-corrected chi connectivity index (χ3v) is 4.40. The Morgan fingerprint density at radius 3 is 2.47 bits per heavy atom. The highest BCUT2D eigenvalue weighted by Crippen LogP contribution is 2.32. The van der Waals surface area contributed by atoms with Crippen LogP contribution in [0, 0.1) is 11.8 Å². The van der Waals surface area contributed by atoms with E-state index in [4.69, 9.17) is 5.73 Å². The van der Waals surface area contributed by atoms with Gasteiger partial charge in [-0.25, -0.2) is 0 Å². The maximum atomic E-state index is 6.29. The van der Waals surface area contributed by atoms with Crippen molar-refractivity contribution in [2.45, 2.75) is 46.5 Å². The molecule has 1 aromatic rings. The molecule has 0 unspecified atom stereocenters. The minimum Gasteiger partial charge on any atom is -0.394 e. The Hall–Kier alpha value is -1.19. The van der Waals surface area contributed by atoms with Crippen LogP contribution in [0.1, 0.15) is 45.7 Å². The first-order chi connectivity index (χ1) is 9.04. The largest absolute Gasteiger partial charge is 0.394 e. The number of rotatable bonds is 4. The van der Waals surface area contributed by atoms with Gasteiger partial charge in [-0.1, -0.05) is 27.2 Å². The average molecular weight is 264 g/mol. The Bertz CT molecular complexity index is 414. The van der Waals surface area contributed by atoms with Crippen molar-refractivity contribution in [2.75, 3.05) is 23.7 Å². The van der Waals surface area contributed by atoms with E-state index in [-0.39, 0.29) is 0 Å². The van der Waals surface area contributed by atoms with Crippen LogP contribution in [0.4, 0.5) is 11.5 Å². The summed E-state index contributed by atoms with van der Waals surface area (Å²) < 4.78 is 1.97. The zero-order chi connectivity index (χ0) is 14.0. The summed E-state index contributed by atoms with van der Waals surface area (Å²) in [5, 5.41) is 4.58. The summed E-state index contributed by atoms with van der Waals surface area (Å²) >= 11 is 0. The number of hydrogen-bond donors (Lipinski definition) is 1. The van der Waals surface area contributed by atoms with Crippen LogP contribution in [0.25, 0.3) is 0 Å². The van der Waals surface area contributed by atoms with E-state index in [9.17, 15) is 0 Å². The van der Waals surface area contributed by atoms with Crippen molar-refractivity contribution in [3.8, 4) is 0 Å². The number of aryl methyl sites for hydroxylation is 2. The zero-order valence-corrected chi connectivity index (χ0v) is 12.8. The molecule has 0 radical (unpaired) electrons. The van der Waals surface area contributed by atoms with Gasteiger partial charge in [0.05, 0.1) is 11.4 Å². The molecule has 2 N–H and O–H groups in total. The van der Waals surface area contributed by atoms with E-state index in [1.165, 1.54) is 12.8 Å². The fourth-order valence-corrected chi connectivity index (χ4v) is 3.16. The average Bonchev–Trinajstić information content (AvgIpc) is 2.65. The van der Waals surface area contributed by atoms with Gasteiger partial charge in [0.1, 0.15) is 5.82 Å². The van der Waals surface area contributed by atoms with E-state index >= 15 is 0 Å². The fraction of sp³-hybridized carbons (Fsp3) is 0.800. The minimum absolute atomic E-state index is 0.793. The second-order valence-corrected chi connectivity index (χ2v) is 6.13. The van der Waals surface area contributed by atoms with Gasteiger partial charge in [0, 0.05) is 20.1 Å². The molecule has 0 bridgehead atoms. The number of hydrogen-bond acceptors (Lipinski definition) is 3. The lowest BCUT2D eigenvalue weighted by Gasteiger charge is -2.35. The van der Waals surface area contributed by atoms with E-state index < -0.39 is 0 Å². The van der Waals surface area contributed by atoms with Gasteiger partial charge in [-0.2, -0.15) is 5.10 Å². The smallest absolute Gasteiger partial charge is 0.150 e. The van der Waals surface area contributed by atoms with E-state index in [0.717, 1.165) is 55.0 Å². The molecule has 0 saturated carbocycles. The number of aromatic nitrogens is 2. The Kier molecular flexibility index (Phi) is 4.38. The van der Waals surface area contributed by atoms with Gasteiger partial charge in [0.15, 0.2) is 0 Å². The van der Waals surface area contributed by atoms with Gasteiger partial charge in [-0.3, -0.25) is 4.68 Å². The summed E-state index contributed by atoms with van der Waals surface area (Å²) in [6.07, 6.45) is 4.61. The number of nitrogens with two attached hydrogens (primary N) is 1. The summed E-state index contributed by atoms with van der Waals surface area (Å²) in [7, 11) is 2.01. The molecule has 1 fully saturated rings. The summed E-state index contributed by atoms with van der Waals surface area (Å²) in [5.41, 5.74) is 8.25.